The summed E-state index contributed by atoms with van der Waals surface area (Å²) >= 11 is 0. The van der Waals surface area contributed by atoms with Crippen molar-refractivity contribution in [1.82, 2.24) is 19.3 Å². The maximum absolute atomic E-state index is 12.2. The molecule has 0 bridgehead atoms. The summed E-state index contributed by atoms with van der Waals surface area (Å²) in [5.74, 6) is 0.846. The van der Waals surface area contributed by atoms with E-state index in [9.17, 15) is 9.59 Å². The van der Waals surface area contributed by atoms with Crippen LogP contribution in [0.1, 0.15) is 0 Å². The molecule has 1 saturated heterocycles. The first-order chi connectivity index (χ1) is 9.70. The topological polar surface area (TPSA) is 70.8 Å². The van der Waals surface area contributed by atoms with E-state index in [0.717, 1.165) is 0 Å². The average molecular weight is 271 g/mol. The molecule has 7 heteroatoms. The second-order valence-corrected chi connectivity index (χ2v) is 4.42. The van der Waals surface area contributed by atoms with Gasteiger partial charge in [0.1, 0.15) is 12.4 Å². The van der Waals surface area contributed by atoms with E-state index in [1.165, 1.54) is 11.0 Å². The fraction of sp³-hybridized carbons (Fsp3) is 0.231. The Morgan fingerprint density at radius 3 is 2.95 bits per heavy atom. The summed E-state index contributed by atoms with van der Waals surface area (Å²) in [5, 5.41) is 0. The van der Waals surface area contributed by atoms with Crippen molar-refractivity contribution in [2.24, 2.45) is 0 Å². The molecular weight excluding hydrogens is 258 g/mol. The molecule has 0 atom stereocenters. The van der Waals surface area contributed by atoms with Gasteiger partial charge in [-0.1, -0.05) is 6.58 Å². The largest absolute Gasteiger partial charge is 0.328 e. The molecule has 2 aromatic heterocycles. The number of piperazine rings is 1. The van der Waals surface area contributed by atoms with Crippen LogP contribution >= 0.6 is 0 Å². The Morgan fingerprint density at radius 1 is 1.35 bits per heavy atom. The van der Waals surface area contributed by atoms with E-state index in [1.54, 1.807) is 34.0 Å². The van der Waals surface area contributed by atoms with Crippen molar-refractivity contribution in [3.05, 3.63) is 37.3 Å². The highest BCUT2D eigenvalue weighted by molar-refractivity contribution is 5.99. The number of aromatic nitrogens is 3. The molecule has 102 valence electrons. The van der Waals surface area contributed by atoms with Crippen molar-refractivity contribution in [3.8, 4) is 0 Å². The van der Waals surface area contributed by atoms with E-state index in [4.69, 9.17) is 0 Å². The first-order valence-electron chi connectivity index (χ1n) is 6.20. The molecule has 1 fully saturated rings. The van der Waals surface area contributed by atoms with Gasteiger partial charge in [0.05, 0.1) is 6.20 Å². The van der Waals surface area contributed by atoms with Crippen molar-refractivity contribution in [3.63, 3.8) is 0 Å². The summed E-state index contributed by atoms with van der Waals surface area (Å²) in [5.41, 5.74) is 0. The summed E-state index contributed by atoms with van der Waals surface area (Å²) in [6, 6.07) is 1.78. The molecule has 0 saturated carbocycles. The van der Waals surface area contributed by atoms with Gasteiger partial charge in [0.25, 0.3) is 0 Å². The molecule has 0 N–H and O–H groups in total. The maximum Gasteiger partial charge on any atom is 0.247 e. The molecule has 0 radical (unpaired) electrons. The lowest BCUT2D eigenvalue weighted by atomic mass is 10.3. The average Bonchev–Trinajstić information content (AvgIpc) is 2.90. The standard InChI is InChI=1S/C13H13N5O2/c1-2-11(19)16-6-7-17(12(20)9-16)10-8-15-13-14-4-3-5-18(10)13/h2-5,8H,1,6-7,9H2. The van der Waals surface area contributed by atoms with Crippen LogP contribution in [0, 0.1) is 0 Å². The molecule has 2 aromatic rings. The molecular formula is C13H13N5O2. The van der Waals surface area contributed by atoms with E-state index < -0.39 is 0 Å². The number of hydrogen-bond acceptors (Lipinski definition) is 4. The van der Waals surface area contributed by atoms with E-state index in [1.807, 2.05) is 0 Å². The Labute approximate surface area is 115 Å². The van der Waals surface area contributed by atoms with Crippen LogP contribution in [0.5, 0.6) is 0 Å². The Morgan fingerprint density at radius 2 is 2.20 bits per heavy atom. The van der Waals surface area contributed by atoms with Crippen molar-refractivity contribution >= 4 is 23.4 Å². The summed E-state index contributed by atoms with van der Waals surface area (Å²) < 4.78 is 1.75. The number of amides is 2. The van der Waals surface area contributed by atoms with E-state index in [-0.39, 0.29) is 18.4 Å². The number of carbonyl (C=O) groups excluding carboxylic acids is 2. The Balaban J connectivity index is 1.87. The summed E-state index contributed by atoms with van der Waals surface area (Å²) in [6.07, 6.45) is 6.29. The highest BCUT2D eigenvalue weighted by atomic mass is 16.2. The van der Waals surface area contributed by atoms with Gasteiger partial charge < -0.3 is 4.90 Å². The third-order valence-electron chi connectivity index (χ3n) is 3.25. The number of anilines is 1. The highest BCUT2D eigenvalue weighted by Crippen LogP contribution is 2.18. The summed E-state index contributed by atoms with van der Waals surface area (Å²) in [7, 11) is 0. The summed E-state index contributed by atoms with van der Waals surface area (Å²) in [6.45, 7) is 4.39. The molecule has 0 spiro atoms. The molecule has 0 aliphatic carbocycles. The molecule has 1 aliphatic rings. The highest BCUT2D eigenvalue weighted by Gasteiger charge is 2.28. The monoisotopic (exact) mass is 271 g/mol. The predicted molar refractivity (Wildman–Crippen MR) is 72.1 cm³/mol. The van der Waals surface area contributed by atoms with Crippen molar-refractivity contribution in [1.29, 1.82) is 0 Å². The second-order valence-electron chi connectivity index (χ2n) is 4.42. The lowest BCUT2D eigenvalue weighted by Gasteiger charge is -2.33. The minimum Gasteiger partial charge on any atom is -0.328 e. The quantitative estimate of drug-likeness (QED) is 0.726. The maximum atomic E-state index is 12.2. The molecule has 2 amide bonds. The van der Waals surface area contributed by atoms with Crippen LogP contribution in [-0.4, -0.2) is 50.7 Å². The zero-order chi connectivity index (χ0) is 14.1. The minimum atomic E-state index is -0.224. The number of carbonyl (C=O) groups is 2. The van der Waals surface area contributed by atoms with Crippen LogP contribution in [0.3, 0.4) is 0 Å². The molecule has 3 heterocycles. The molecule has 0 unspecified atom stereocenters. The lowest BCUT2D eigenvalue weighted by molar-refractivity contribution is -0.133. The third-order valence-corrected chi connectivity index (χ3v) is 3.25. The normalized spacial score (nSPS) is 15.7. The first-order valence-corrected chi connectivity index (χ1v) is 6.20. The zero-order valence-corrected chi connectivity index (χ0v) is 10.8. The fourth-order valence-electron chi connectivity index (χ4n) is 2.25. The number of hydrogen-bond donors (Lipinski definition) is 0. The van der Waals surface area contributed by atoms with E-state index in [0.29, 0.717) is 24.7 Å². The lowest BCUT2D eigenvalue weighted by Crippen LogP contribution is -2.52. The van der Waals surface area contributed by atoms with Gasteiger partial charge >= 0.3 is 0 Å². The van der Waals surface area contributed by atoms with E-state index in [2.05, 4.69) is 16.5 Å². The fourth-order valence-corrected chi connectivity index (χ4v) is 2.25. The Kier molecular flexibility index (Phi) is 2.94. The van der Waals surface area contributed by atoms with Gasteiger partial charge in [0, 0.05) is 25.5 Å². The van der Waals surface area contributed by atoms with Gasteiger partial charge in [-0.3, -0.25) is 18.9 Å². The second kappa shape index (κ2) is 4.76. The van der Waals surface area contributed by atoms with Crippen LogP contribution in [-0.2, 0) is 9.59 Å². The molecule has 3 rings (SSSR count). The van der Waals surface area contributed by atoms with Gasteiger partial charge in [-0.05, 0) is 12.1 Å². The van der Waals surface area contributed by atoms with Gasteiger partial charge in [-0.25, -0.2) is 9.97 Å². The van der Waals surface area contributed by atoms with Crippen molar-refractivity contribution in [2.75, 3.05) is 24.5 Å². The van der Waals surface area contributed by atoms with Gasteiger partial charge in [-0.15, -0.1) is 0 Å². The number of nitrogens with zero attached hydrogens (tertiary/aromatic N) is 5. The Hall–Kier alpha value is -2.70. The smallest absolute Gasteiger partial charge is 0.247 e. The van der Waals surface area contributed by atoms with Crippen LogP contribution < -0.4 is 4.90 Å². The molecule has 1 aliphatic heterocycles. The number of rotatable bonds is 2. The Bertz CT molecular complexity index is 693. The van der Waals surface area contributed by atoms with Gasteiger partial charge in [0.2, 0.25) is 17.6 Å². The van der Waals surface area contributed by atoms with Crippen LogP contribution in [0.25, 0.3) is 5.78 Å². The molecule has 7 nitrogen and oxygen atoms in total. The zero-order valence-electron chi connectivity index (χ0n) is 10.8. The minimum absolute atomic E-state index is 0.0539. The first kappa shape index (κ1) is 12.3. The summed E-state index contributed by atoms with van der Waals surface area (Å²) in [4.78, 5) is 35.1. The third kappa shape index (κ3) is 1.93. The number of imidazole rings is 1. The SMILES string of the molecule is C=CC(=O)N1CCN(c2cnc3ncccn23)C(=O)C1. The van der Waals surface area contributed by atoms with Crippen LogP contribution in [0.4, 0.5) is 5.82 Å². The van der Waals surface area contributed by atoms with Crippen LogP contribution in [0.15, 0.2) is 37.3 Å². The van der Waals surface area contributed by atoms with Crippen molar-refractivity contribution in [2.45, 2.75) is 0 Å². The molecule has 20 heavy (non-hydrogen) atoms. The van der Waals surface area contributed by atoms with E-state index >= 15 is 0 Å². The molecule has 0 aromatic carbocycles. The van der Waals surface area contributed by atoms with Gasteiger partial charge in [0.15, 0.2) is 0 Å². The van der Waals surface area contributed by atoms with Crippen LogP contribution in [0.2, 0.25) is 0 Å². The van der Waals surface area contributed by atoms with Crippen molar-refractivity contribution < 1.29 is 9.59 Å². The van der Waals surface area contributed by atoms with Gasteiger partial charge in [-0.2, -0.15) is 0 Å². The number of fused-ring (bicyclic) bond motifs is 1. The predicted octanol–water partition coefficient (Wildman–Crippen LogP) is 0.0905.